The molecule has 2 nitrogen and oxygen atoms in total. The van der Waals surface area contributed by atoms with Crippen LogP contribution in [0.4, 0.5) is 0 Å². The summed E-state index contributed by atoms with van der Waals surface area (Å²) >= 11 is 0. The van der Waals surface area contributed by atoms with Crippen LogP contribution >= 0.6 is 0 Å². The van der Waals surface area contributed by atoms with E-state index in [1.54, 1.807) is 0 Å². The molecule has 2 aromatic heterocycles. The molecular formula is C15H11N2+. The van der Waals surface area contributed by atoms with Crippen LogP contribution in [0.3, 0.4) is 0 Å². The predicted molar refractivity (Wildman–Crippen MR) is 69.0 cm³/mol. The van der Waals surface area contributed by atoms with E-state index in [1.807, 2.05) is 0 Å². The normalized spacial score (nSPS) is 11.5. The quantitative estimate of drug-likeness (QED) is 0.439. The number of fused-ring (bicyclic) bond motifs is 5. The molecule has 1 N–H and O–H groups in total. The first-order valence-electron chi connectivity index (χ1n) is 5.74. The SMILES string of the molecule is c1ccc2c(c1)ccc1[nH]c3ccccc3[n+]12. The highest BCUT2D eigenvalue weighted by Gasteiger charge is 2.13. The van der Waals surface area contributed by atoms with Crippen LogP contribution < -0.4 is 4.40 Å². The van der Waals surface area contributed by atoms with Gasteiger partial charge < -0.3 is 0 Å². The molecule has 17 heavy (non-hydrogen) atoms. The number of benzene rings is 2. The molecule has 4 aromatic rings. The molecule has 0 fully saturated rings. The van der Waals surface area contributed by atoms with Gasteiger partial charge in [-0.1, -0.05) is 30.3 Å². The van der Waals surface area contributed by atoms with Gasteiger partial charge in [0.1, 0.15) is 5.52 Å². The number of hydrogen-bond donors (Lipinski definition) is 1. The summed E-state index contributed by atoms with van der Waals surface area (Å²) in [4.78, 5) is 3.43. The number of hydrogen-bond acceptors (Lipinski definition) is 0. The Kier molecular flexibility index (Phi) is 1.59. The minimum Gasteiger partial charge on any atom is -0.237 e. The average molecular weight is 219 g/mol. The summed E-state index contributed by atoms with van der Waals surface area (Å²) in [6.45, 7) is 0. The first kappa shape index (κ1) is 8.76. The molecule has 0 saturated carbocycles. The van der Waals surface area contributed by atoms with Crippen molar-refractivity contribution in [2.24, 2.45) is 0 Å². The fourth-order valence-electron chi connectivity index (χ4n) is 2.47. The van der Waals surface area contributed by atoms with Crippen LogP contribution in [0.15, 0.2) is 60.7 Å². The van der Waals surface area contributed by atoms with Gasteiger partial charge in [0.15, 0.2) is 11.0 Å². The van der Waals surface area contributed by atoms with Crippen LogP contribution in [0.5, 0.6) is 0 Å². The third-order valence-electron chi connectivity index (χ3n) is 3.25. The van der Waals surface area contributed by atoms with E-state index >= 15 is 0 Å². The first-order chi connectivity index (χ1) is 8.43. The van der Waals surface area contributed by atoms with Crippen molar-refractivity contribution in [1.29, 1.82) is 0 Å². The van der Waals surface area contributed by atoms with Gasteiger partial charge in [0, 0.05) is 11.5 Å². The van der Waals surface area contributed by atoms with Gasteiger partial charge >= 0.3 is 0 Å². The summed E-state index contributed by atoms with van der Waals surface area (Å²) in [7, 11) is 0. The number of aromatic amines is 1. The van der Waals surface area contributed by atoms with Crippen LogP contribution in [-0.4, -0.2) is 4.98 Å². The van der Waals surface area contributed by atoms with Gasteiger partial charge in [0.05, 0.1) is 0 Å². The van der Waals surface area contributed by atoms with E-state index in [1.165, 1.54) is 21.9 Å². The van der Waals surface area contributed by atoms with Crippen molar-refractivity contribution < 1.29 is 4.40 Å². The summed E-state index contributed by atoms with van der Waals surface area (Å²) in [5.41, 5.74) is 4.76. The molecular weight excluding hydrogens is 208 g/mol. The van der Waals surface area contributed by atoms with Gasteiger partial charge in [0.2, 0.25) is 0 Å². The van der Waals surface area contributed by atoms with E-state index in [2.05, 4.69) is 70.0 Å². The Bertz CT molecular complexity index is 837. The van der Waals surface area contributed by atoms with Gasteiger partial charge in [-0.25, -0.2) is 4.98 Å². The lowest BCUT2D eigenvalue weighted by Gasteiger charge is -1.95. The number of rotatable bonds is 0. The number of pyridine rings is 1. The van der Waals surface area contributed by atoms with E-state index in [-0.39, 0.29) is 0 Å². The molecule has 0 bridgehead atoms. The topological polar surface area (TPSA) is 19.9 Å². The Balaban J connectivity index is 2.38. The van der Waals surface area contributed by atoms with Gasteiger partial charge in [-0.3, -0.25) is 0 Å². The lowest BCUT2D eigenvalue weighted by molar-refractivity contribution is -0.449. The molecule has 2 heteroatoms. The van der Waals surface area contributed by atoms with Crippen LogP contribution in [0.25, 0.3) is 27.6 Å². The number of para-hydroxylation sites is 3. The maximum absolute atomic E-state index is 3.43. The molecule has 80 valence electrons. The molecule has 0 radical (unpaired) electrons. The van der Waals surface area contributed by atoms with E-state index in [9.17, 15) is 0 Å². The van der Waals surface area contributed by atoms with Crippen LogP contribution in [-0.2, 0) is 0 Å². The Hall–Kier alpha value is -2.35. The molecule has 0 aliphatic carbocycles. The fourth-order valence-corrected chi connectivity index (χ4v) is 2.47. The molecule has 0 aliphatic heterocycles. The monoisotopic (exact) mass is 219 g/mol. The van der Waals surface area contributed by atoms with Crippen LogP contribution in [0.1, 0.15) is 0 Å². The molecule has 0 saturated heterocycles. The Morgan fingerprint density at radius 2 is 1.47 bits per heavy atom. The summed E-state index contributed by atoms with van der Waals surface area (Å²) in [6.07, 6.45) is 0. The Morgan fingerprint density at radius 3 is 2.41 bits per heavy atom. The molecule has 2 aromatic carbocycles. The van der Waals surface area contributed by atoms with Crippen molar-refractivity contribution in [2.75, 3.05) is 0 Å². The standard InChI is InChI=1S/C15H10N2/c1-3-7-13-11(5-1)9-10-15-16-12-6-2-4-8-14(12)17(13)15/h1-10H/p+1. The molecule has 0 spiro atoms. The van der Waals surface area contributed by atoms with E-state index < -0.39 is 0 Å². The van der Waals surface area contributed by atoms with Crippen molar-refractivity contribution in [3.05, 3.63) is 60.7 Å². The summed E-state index contributed by atoms with van der Waals surface area (Å²) in [6, 6.07) is 21.1. The Morgan fingerprint density at radius 1 is 0.706 bits per heavy atom. The zero-order valence-electron chi connectivity index (χ0n) is 9.22. The number of H-pyrrole nitrogens is 1. The minimum absolute atomic E-state index is 1.13. The Labute approximate surface area is 98.1 Å². The fraction of sp³-hybridized carbons (Fsp3) is 0. The zero-order chi connectivity index (χ0) is 11.2. The number of nitrogens with one attached hydrogen (secondary N) is 1. The molecule has 0 aliphatic rings. The largest absolute Gasteiger partial charge is 0.285 e. The van der Waals surface area contributed by atoms with Crippen LogP contribution in [0.2, 0.25) is 0 Å². The molecule has 4 rings (SSSR count). The van der Waals surface area contributed by atoms with Gasteiger partial charge in [-0.05, 0) is 24.3 Å². The first-order valence-corrected chi connectivity index (χ1v) is 5.74. The second kappa shape index (κ2) is 3.08. The minimum atomic E-state index is 1.13. The lowest BCUT2D eigenvalue weighted by atomic mass is 10.2. The van der Waals surface area contributed by atoms with Crippen molar-refractivity contribution in [3.63, 3.8) is 0 Å². The zero-order valence-corrected chi connectivity index (χ0v) is 9.22. The van der Waals surface area contributed by atoms with Crippen molar-refractivity contribution >= 4 is 27.6 Å². The third-order valence-corrected chi connectivity index (χ3v) is 3.25. The summed E-state index contributed by atoms with van der Waals surface area (Å²) in [5, 5.41) is 1.26. The van der Waals surface area contributed by atoms with E-state index in [0.717, 1.165) is 5.65 Å². The number of imidazole rings is 1. The molecule has 2 heterocycles. The van der Waals surface area contributed by atoms with Crippen molar-refractivity contribution in [2.45, 2.75) is 0 Å². The second-order valence-corrected chi connectivity index (χ2v) is 4.25. The van der Waals surface area contributed by atoms with E-state index in [4.69, 9.17) is 0 Å². The van der Waals surface area contributed by atoms with Crippen molar-refractivity contribution in [1.82, 2.24) is 4.98 Å². The summed E-state index contributed by atoms with van der Waals surface area (Å²) in [5.74, 6) is 0. The molecule has 0 unspecified atom stereocenters. The smallest absolute Gasteiger partial charge is 0.237 e. The average Bonchev–Trinajstić information content (AvgIpc) is 2.77. The second-order valence-electron chi connectivity index (χ2n) is 4.25. The molecule has 0 atom stereocenters. The van der Waals surface area contributed by atoms with Gasteiger partial charge in [-0.15, -0.1) is 0 Å². The highest BCUT2D eigenvalue weighted by Crippen LogP contribution is 2.15. The number of nitrogens with zero attached hydrogens (tertiary/aromatic N) is 1. The van der Waals surface area contributed by atoms with Gasteiger partial charge in [0.25, 0.3) is 5.65 Å². The summed E-state index contributed by atoms with van der Waals surface area (Å²) < 4.78 is 2.27. The number of aromatic nitrogens is 2. The lowest BCUT2D eigenvalue weighted by Crippen LogP contribution is -2.20. The highest BCUT2D eigenvalue weighted by atomic mass is 15.0. The van der Waals surface area contributed by atoms with Gasteiger partial charge in [-0.2, -0.15) is 4.40 Å². The van der Waals surface area contributed by atoms with E-state index in [0.29, 0.717) is 0 Å². The van der Waals surface area contributed by atoms with Crippen molar-refractivity contribution in [3.8, 4) is 0 Å². The highest BCUT2D eigenvalue weighted by molar-refractivity contribution is 5.81. The maximum Gasteiger partial charge on any atom is 0.285 e. The van der Waals surface area contributed by atoms with Crippen LogP contribution in [0, 0.1) is 0 Å². The third kappa shape index (κ3) is 1.12. The molecule has 0 amide bonds. The predicted octanol–water partition coefficient (Wildman–Crippen LogP) is 3.06. The maximum atomic E-state index is 3.43.